The van der Waals surface area contributed by atoms with Crippen molar-refractivity contribution < 1.29 is 19.4 Å². The van der Waals surface area contributed by atoms with Crippen molar-refractivity contribution >= 4 is 23.2 Å². The Morgan fingerprint density at radius 1 is 1.08 bits per heavy atom. The van der Waals surface area contributed by atoms with Gasteiger partial charge in [0.05, 0.1) is 13.2 Å². The van der Waals surface area contributed by atoms with E-state index < -0.39 is 34.9 Å². The van der Waals surface area contributed by atoms with Crippen LogP contribution in [0.4, 0.5) is 16.2 Å². The summed E-state index contributed by atoms with van der Waals surface area (Å²) in [7, 11) is 5.45. The standard InChI is InChI=1S/C30H46N4O4/c1-20(31)26(35)30(19-24(38-7)18-25(27(30)36)29(2,3)4)32-28(37)34(22-12-10-8-9-11-13-22)23-16-14-21(15-17-23)33(5)6/h14-20,22,27,36H,8-13,31H2,1-7H3,(H,32,37)/t20-,27?,30?/m0/s1. The summed E-state index contributed by atoms with van der Waals surface area (Å²) in [4.78, 5) is 31.8. The summed E-state index contributed by atoms with van der Waals surface area (Å²) < 4.78 is 5.56. The molecule has 0 bridgehead atoms. The van der Waals surface area contributed by atoms with Crippen molar-refractivity contribution in [2.45, 2.75) is 89.9 Å². The van der Waals surface area contributed by atoms with Crippen LogP contribution in [0.5, 0.6) is 0 Å². The van der Waals surface area contributed by atoms with Gasteiger partial charge >= 0.3 is 6.03 Å². The minimum Gasteiger partial charge on any atom is -0.497 e. The zero-order valence-electron chi connectivity index (χ0n) is 24.1. The van der Waals surface area contributed by atoms with Crippen LogP contribution in [-0.4, -0.2) is 61.9 Å². The highest BCUT2D eigenvalue weighted by Crippen LogP contribution is 2.39. The van der Waals surface area contributed by atoms with E-state index in [0.29, 0.717) is 11.3 Å². The number of aliphatic hydroxyl groups is 1. The van der Waals surface area contributed by atoms with Gasteiger partial charge < -0.3 is 25.8 Å². The van der Waals surface area contributed by atoms with Crippen molar-refractivity contribution in [1.82, 2.24) is 5.32 Å². The van der Waals surface area contributed by atoms with Crippen LogP contribution in [0.25, 0.3) is 0 Å². The number of Topliss-reactive ketones (excluding diaryl/α,β-unsaturated/α-hetero) is 1. The Labute approximate surface area is 227 Å². The van der Waals surface area contributed by atoms with Gasteiger partial charge in [0.2, 0.25) is 0 Å². The van der Waals surface area contributed by atoms with E-state index >= 15 is 0 Å². The monoisotopic (exact) mass is 526 g/mol. The highest BCUT2D eigenvalue weighted by Gasteiger charge is 2.52. The lowest BCUT2D eigenvalue weighted by molar-refractivity contribution is -0.127. The molecule has 3 rings (SSSR count). The van der Waals surface area contributed by atoms with Crippen molar-refractivity contribution in [3.05, 3.63) is 47.7 Å². The first-order valence-electron chi connectivity index (χ1n) is 13.7. The molecule has 1 aromatic carbocycles. The van der Waals surface area contributed by atoms with Gasteiger partial charge in [-0.05, 0) is 67.2 Å². The number of allylic oxidation sites excluding steroid dienone is 1. The molecule has 0 heterocycles. The topological polar surface area (TPSA) is 108 Å². The SMILES string of the molecule is COC1=CC(NC(=O)N(c2ccc(N(C)C)cc2)C2CCCCCC2)(C(=O)[C@H](C)N)C(O)C(C(C)(C)C)=C1. The molecule has 1 saturated carbocycles. The number of hydrogen-bond donors (Lipinski definition) is 3. The highest BCUT2D eigenvalue weighted by molar-refractivity contribution is 6.02. The van der Waals surface area contributed by atoms with Crippen LogP contribution in [-0.2, 0) is 9.53 Å². The average molecular weight is 527 g/mol. The number of carbonyl (C=O) groups excluding carboxylic acids is 2. The molecular formula is C30H46N4O4. The molecule has 0 spiro atoms. The number of aliphatic hydroxyl groups excluding tert-OH is 1. The number of urea groups is 1. The highest BCUT2D eigenvalue weighted by atomic mass is 16.5. The summed E-state index contributed by atoms with van der Waals surface area (Å²) in [6.07, 6.45) is 8.01. The fourth-order valence-electron chi connectivity index (χ4n) is 5.47. The summed E-state index contributed by atoms with van der Waals surface area (Å²) in [6, 6.07) is 6.44. The predicted octanol–water partition coefficient (Wildman–Crippen LogP) is 4.52. The van der Waals surface area contributed by atoms with Crippen molar-refractivity contribution in [2.24, 2.45) is 11.1 Å². The summed E-state index contributed by atoms with van der Waals surface area (Å²) in [5.41, 5.74) is 6.19. The van der Waals surface area contributed by atoms with Gasteiger partial charge in [0, 0.05) is 31.5 Å². The summed E-state index contributed by atoms with van der Waals surface area (Å²) in [5.74, 6) is -0.0857. The molecule has 2 unspecified atom stereocenters. The summed E-state index contributed by atoms with van der Waals surface area (Å²) >= 11 is 0. The van der Waals surface area contributed by atoms with E-state index in [0.717, 1.165) is 49.9 Å². The number of ketones is 1. The van der Waals surface area contributed by atoms with Gasteiger partial charge in [-0.25, -0.2) is 4.79 Å². The number of amides is 2. The molecule has 210 valence electrons. The lowest BCUT2D eigenvalue weighted by atomic mass is 9.70. The largest absolute Gasteiger partial charge is 0.497 e. The van der Waals surface area contributed by atoms with E-state index in [1.165, 1.54) is 13.2 Å². The van der Waals surface area contributed by atoms with Crippen LogP contribution in [0.2, 0.25) is 0 Å². The van der Waals surface area contributed by atoms with Gasteiger partial charge in [-0.15, -0.1) is 0 Å². The van der Waals surface area contributed by atoms with Crippen molar-refractivity contribution in [2.75, 3.05) is 31.0 Å². The lowest BCUT2D eigenvalue weighted by Crippen LogP contribution is -2.68. The lowest BCUT2D eigenvalue weighted by Gasteiger charge is -2.44. The van der Waals surface area contributed by atoms with Crippen LogP contribution < -0.4 is 20.9 Å². The van der Waals surface area contributed by atoms with Crippen LogP contribution in [0.3, 0.4) is 0 Å². The molecule has 3 atom stereocenters. The molecule has 1 fully saturated rings. The van der Waals surface area contributed by atoms with E-state index in [-0.39, 0.29) is 6.04 Å². The number of nitrogens with one attached hydrogen (secondary N) is 1. The van der Waals surface area contributed by atoms with Crippen LogP contribution in [0, 0.1) is 5.41 Å². The van der Waals surface area contributed by atoms with E-state index in [1.807, 2.05) is 64.0 Å². The van der Waals surface area contributed by atoms with Gasteiger partial charge in [0.15, 0.2) is 11.3 Å². The Hall–Kier alpha value is -2.84. The molecule has 2 aliphatic carbocycles. The summed E-state index contributed by atoms with van der Waals surface area (Å²) in [6.45, 7) is 7.43. The second-order valence-electron chi connectivity index (χ2n) is 11.9. The van der Waals surface area contributed by atoms with Crippen LogP contribution in [0.1, 0.15) is 66.2 Å². The molecule has 2 amide bonds. The Morgan fingerprint density at radius 2 is 1.63 bits per heavy atom. The molecule has 1 aromatic rings. The molecular weight excluding hydrogens is 480 g/mol. The minimum atomic E-state index is -1.78. The predicted molar refractivity (Wildman–Crippen MR) is 153 cm³/mol. The summed E-state index contributed by atoms with van der Waals surface area (Å²) in [5, 5.41) is 14.7. The molecule has 0 aromatic heterocycles. The molecule has 8 heteroatoms. The average Bonchev–Trinajstić information content (AvgIpc) is 3.13. The molecule has 0 radical (unpaired) electrons. The Balaban J connectivity index is 2.11. The van der Waals surface area contributed by atoms with Crippen molar-refractivity contribution in [3.8, 4) is 0 Å². The van der Waals surface area contributed by atoms with E-state index in [9.17, 15) is 14.7 Å². The first-order valence-corrected chi connectivity index (χ1v) is 13.7. The minimum absolute atomic E-state index is 0.0330. The Kier molecular flexibility index (Phi) is 9.31. The number of carbonyl (C=O) groups is 2. The third-order valence-corrected chi connectivity index (χ3v) is 7.68. The third-order valence-electron chi connectivity index (χ3n) is 7.68. The van der Waals surface area contributed by atoms with Gasteiger partial charge in [0.1, 0.15) is 11.9 Å². The van der Waals surface area contributed by atoms with Gasteiger partial charge in [-0.3, -0.25) is 9.69 Å². The normalized spacial score (nSPS) is 23.4. The molecule has 0 saturated heterocycles. The van der Waals surface area contributed by atoms with E-state index in [2.05, 4.69) is 5.32 Å². The van der Waals surface area contributed by atoms with Crippen molar-refractivity contribution in [1.29, 1.82) is 0 Å². The van der Waals surface area contributed by atoms with Crippen molar-refractivity contribution in [3.63, 3.8) is 0 Å². The van der Waals surface area contributed by atoms with Crippen LogP contribution in [0.15, 0.2) is 47.7 Å². The smallest absolute Gasteiger partial charge is 0.323 e. The number of rotatable bonds is 7. The van der Waals surface area contributed by atoms with Gasteiger partial charge in [0.25, 0.3) is 0 Å². The maximum atomic E-state index is 14.3. The van der Waals surface area contributed by atoms with E-state index in [1.54, 1.807) is 17.9 Å². The van der Waals surface area contributed by atoms with Gasteiger partial charge in [-0.1, -0.05) is 46.5 Å². The number of hydrogen-bond acceptors (Lipinski definition) is 6. The molecule has 38 heavy (non-hydrogen) atoms. The molecule has 2 aliphatic rings. The Morgan fingerprint density at radius 3 is 2.11 bits per heavy atom. The number of nitrogens with zero attached hydrogens (tertiary/aromatic N) is 2. The van der Waals surface area contributed by atoms with Crippen LogP contribution >= 0.6 is 0 Å². The third kappa shape index (κ3) is 6.24. The fourth-order valence-corrected chi connectivity index (χ4v) is 5.47. The maximum Gasteiger partial charge on any atom is 0.323 e. The molecule has 0 aliphatic heterocycles. The quantitative estimate of drug-likeness (QED) is 0.451. The number of anilines is 2. The van der Waals surface area contributed by atoms with Gasteiger partial charge in [-0.2, -0.15) is 0 Å². The number of nitrogens with two attached hydrogens (primary N) is 1. The zero-order valence-corrected chi connectivity index (χ0v) is 24.1. The fraction of sp³-hybridized carbons (Fsp3) is 0.600. The number of methoxy groups -OCH3 is 1. The second-order valence-corrected chi connectivity index (χ2v) is 11.9. The number of benzene rings is 1. The maximum absolute atomic E-state index is 14.3. The number of ether oxygens (including phenoxy) is 1. The first kappa shape index (κ1) is 29.7. The Bertz CT molecular complexity index is 1050. The molecule has 8 nitrogen and oxygen atoms in total. The second kappa shape index (κ2) is 11.9. The molecule has 4 N–H and O–H groups in total. The first-order chi connectivity index (χ1) is 17.8. The van der Waals surface area contributed by atoms with E-state index in [4.69, 9.17) is 10.5 Å². The zero-order chi connectivity index (χ0) is 28.3.